The number of fused-ring (bicyclic) bond motifs is 1. The van der Waals surface area contributed by atoms with Crippen molar-refractivity contribution in [2.75, 3.05) is 51.1 Å². The van der Waals surface area contributed by atoms with E-state index in [-0.39, 0.29) is 16.7 Å². The maximum Gasteiger partial charge on any atom is 0.247 e. The highest BCUT2D eigenvalue weighted by Crippen LogP contribution is 2.38. The van der Waals surface area contributed by atoms with Gasteiger partial charge in [-0.05, 0) is 44.0 Å². The molecule has 3 aliphatic heterocycles. The maximum absolute atomic E-state index is 13.2. The molecule has 0 saturated carbocycles. The van der Waals surface area contributed by atoms with Crippen LogP contribution in [-0.4, -0.2) is 85.4 Å². The van der Waals surface area contributed by atoms with Gasteiger partial charge in [-0.2, -0.15) is 4.31 Å². The summed E-state index contributed by atoms with van der Waals surface area (Å²) in [7, 11) is -3.63. The summed E-state index contributed by atoms with van der Waals surface area (Å²) in [5.41, 5.74) is 0.464. The molecule has 3 aliphatic rings. The fraction of sp³-hybridized carbons (Fsp3) is 0.636. The highest BCUT2D eigenvalue weighted by atomic mass is 32.2. The molecule has 32 heavy (non-hydrogen) atoms. The Kier molecular flexibility index (Phi) is 7.44. The second-order valence-electron chi connectivity index (χ2n) is 8.63. The van der Waals surface area contributed by atoms with Gasteiger partial charge >= 0.3 is 0 Å². The quantitative estimate of drug-likeness (QED) is 0.650. The largest absolute Gasteiger partial charge is 0.341 e. The Morgan fingerprint density at radius 1 is 1.06 bits per heavy atom. The van der Waals surface area contributed by atoms with Crippen molar-refractivity contribution in [3.63, 3.8) is 0 Å². The number of nitrogens with one attached hydrogen (secondary N) is 1. The summed E-state index contributed by atoms with van der Waals surface area (Å²) in [4.78, 5) is 30.7. The molecule has 0 spiro atoms. The maximum atomic E-state index is 13.2. The molecular weight excluding hydrogens is 448 g/mol. The summed E-state index contributed by atoms with van der Waals surface area (Å²) in [6, 6.07) is 4.83. The second-order valence-corrected chi connectivity index (χ2v) is 11.7. The fourth-order valence-electron chi connectivity index (χ4n) is 4.53. The third-order valence-electron chi connectivity index (χ3n) is 6.34. The summed E-state index contributed by atoms with van der Waals surface area (Å²) >= 11 is 1.22. The number of nitrogens with zero attached hydrogens (tertiary/aromatic N) is 3. The predicted molar refractivity (Wildman–Crippen MR) is 125 cm³/mol. The first-order valence-electron chi connectivity index (χ1n) is 11.5. The number of anilines is 1. The lowest BCUT2D eigenvalue weighted by Gasteiger charge is -2.34. The Morgan fingerprint density at radius 2 is 1.75 bits per heavy atom. The summed E-state index contributed by atoms with van der Waals surface area (Å²) in [5.74, 6) is -0.527. The van der Waals surface area contributed by atoms with Crippen molar-refractivity contribution < 1.29 is 18.0 Å². The van der Waals surface area contributed by atoms with E-state index in [1.807, 2.05) is 0 Å². The van der Waals surface area contributed by atoms with Crippen LogP contribution >= 0.6 is 11.8 Å². The van der Waals surface area contributed by atoms with Crippen molar-refractivity contribution in [1.29, 1.82) is 0 Å². The van der Waals surface area contributed by atoms with Crippen LogP contribution in [0.2, 0.25) is 0 Å². The summed E-state index contributed by atoms with van der Waals surface area (Å²) in [6.45, 7) is 6.87. The first-order chi connectivity index (χ1) is 15.4. The Hall–Kier alpha value is -1.62. The predicted octanol–water partition coefficient (Wildman–Crippen LogP) is 2.22. The molecule has 1 atom stereocenters. The fourth-order valence-corrected chi connectivity index (χ4v) is 7.03. The zero-order valence-electron chi connectivity index (χ0n) is 18.6. The van der Waals surface area contributed by atoms with Crippen LogP contribution in [0.4, 0.5) is 5.69 Å². The van der Waals surface area contributed by atoms with Crippen molar-refractivity contribution in [3.8, 4) is 0 Å². The topological polar surface area (TPSA) is 90.0 Å². The van der Waals surface area contributed by atoms with Crippen LogP contribution in [0, 0.1) is 0 Å². The lowest BCUT2D eigenvalue weighted by molar-refractivity contribution is -0.133. The Balaban J connectivity index is 1.47. The standard InChI is InChI=1S/C22H32N4O4S2/c1-2-9-24-12-14-26(15-13-24)32(29,30)17-7-8-19-18(16-17)23-21(27)20(31-19)22(28)25-10-5-3-4-6-11-25/h7-8,16,20H,2-6,9-15H2,1H3,(H,23,27). The zero-order chi connectivity index (χ0) is 22.7. The molecule has 1 unspecified atom stereocenters. The van der Waals surface area contributed by atoms with Gasteiger partial charge in [0.25, 0.3) is 0 Å². The van der Waals surface area contributed by atoms with E-state index in [1.165, 1.54) is 22.1 Å². The summed E-state index contributed by atoms with van der Waals surface area (Å²) in [6.07, 6.45) is 5.21. The molecule has 176 valence electrons. The van der Waals surface area contributed by atoms with E-state index in [0.29, 0.717) is 31.9 Å². The van der Waals surface area contributed by atoms with Crippen molar-refractivity contribution >= 4 is 39.3 Å². The number of sulfonamides is 1. The normalized spacial score (nSPS) is 23.3. The molecular formula is C22H32N4O4S2. The lowest BCUT2D eigenvalue weighted by atomic mass is 10.2. The molecule has 2 saturated heterocycles. The SMILES string of the molecule is CCCN1CCN(S(=O)(=O)c2ccc3c(c2)NC(=O)C(C(=O)N2CCCCCC2)S3)CC1. The first kappa shape index (κ1) is 23.5. The Labute approximate surface area is 194 Å². The van der Waals surface area contributed by atoms with E-state index < -0.39 is 15.3 Å². The molecule has 2 amide bonds. The minimum Gasteiger partial charge on any atom is -0.341 e. The molecule has 0 aromatic heterocycles. The number of hydrogen-bond acceptors (Lipinski definition) is 6. The van der Waals surface area contributed by atoms with Gasteiger partial charge in [0.1, 0.15) is 0 Å². The number of piperazine rings is 1. The van der Waals surface area contributed by atoms with Crippen LogP contribution < -0.4 is 5.32 Å². The minimum absolute atomic E-state index is 0.151. The highest BCUT2D eigenvalue weighted by molar-refractivity contribution is 8.01. The van der Waals surface area contributed by atoms with Crippen LogP contribution in [-0.2, 0) is 19.6 Å². The molecule has 3 heterocycles. The number of hydrogen-bond donors (Lipinski definition) is 1. The molecule has 1 aromatic carbocycles. The van der Waals surface area contributed by atoms with Crippen molar-refractivity contribution in [3.05, 3.63) is 18.2 Å². The van der Waals surface area contributed by atoms with Crippen LogP contribution in [0.5, 0.6) is 0 Å². The molecule has 2 fully saturated rings. The molecule has 10 heteroatoms. The van der Waals surface area contributed by atoms with E-state index in [4.69, 9.17) is 0 Å². The van der Waals surface area contributed by atoms with Gasteiger partial charge in [-0.1, -0.05) is 19.8 Å². The van der Waals surface area contributed by atoms with Crippen LogP contribution in [0.3, 0.4) is 0 Å². The van der Waals surface area contributed by atoms with Gasteiger partial charge in [-0.3, -0.25) is 9.59 Å². The summed E-state index contributed by atoms with van der Waals surface area (Å²) in [5, 5.41) is 1.96. The summed E-state index contributed by atoms with van der Waals surface area (Å²) < 4.78 is 27.8. The van der Waals surface area contributed by atoms with Gasteiger partial charge in [-0.15, -0.1) is 11.8 Å². The van der Waals surface area contributed by atoms with Crippen molar-refractivity contribution in [2.24, 2.45) is 0 Å². The number of carbonyl (C=O) groups is 2. The number of rotatable bonds is 5. The average Bonchev–Trinajstić information content (AvgIpc) is 3.08. The van der Waals surface area contributed by atoms with Gasteiger partial charge in [0.15, 0.2) is 5.25 Å². The van der Waals surface area contributed by atoms with E-state index in [2.05, 4.69) is 17.1 Å². The highest BCUT2D eigenvalue weighted by Gasteiger charge is 2.37. The molecule has 0 bridgehead atoms. The third kappa shape index (κ3) is 4.98. The average molecular weight is 481 g/mol. The third-order valence-corrected chi connectivity index (χ3v) is 9.50. The van der Waals surface area contributed by atoms with Gasteiger partial charge in [-0.25, -0.2) is 8.42 Å². The second kappa shape index (κ2) is 10.1. The lowest BCUT2D eigenvalue weighted by Crippen LogP contribution is -2.48. The van der Waals surface area contributed by atoms with E-state index in [1.54, 1.807) is 17.0 Å². The minimum atomic E-state index is -3.63. The van der Waals surface area contributed by atoms with Crippen LogP contribution in [0.25, 0.3) is 0 Å². The van der Waals surface area contributed by atoms with Gasteiger partial charge < -0.3 is 15.1 Å². The Morgan fingerprint density at radius 3 is 2.41 bits per heavy atom. The van der Waals surface area contributed by atoms with Gasteiger partial charge in [0, 0.05) is 44.2 Å². The molecule has 4 rings (SSSR count). The number of carbonyl (C=O) groups excluding carboxylic acids is 2. The number of benzene rings is 1. The molecule has 8 nitrogen and oxygen atoms in total. The number of likely N-dealkylation sites (tertiary alicyclic amines) is 1. The first-order valence-corrected chi connectivity index (χ1v) is 13.8. The monoisotopic (exact) mass is 480 g/mol. The van der Waals surface area contributed by atoms with Crippen LogP contribution in [0.15, 0.2) is 28.0 Å². The van der Waals surface area contributed by atoms with Gasteiger partial charge in [0.2, 0.25) is 21.8 Å². The van der Waals surface area contributed by atoms with E-state index in [0.717, 1.165) is 56.6 Å². The zero-order valence-corrected chi connectivity index (χ0v) is 20.2. The number of amides is 2. The van der Waals surface area contributed by atoms with Crippen LogP contribution in [0.1, 0.15) is 39.0 Å². The van der Waals surface area contributed by atoms with E-state index in [9.17, 15) is 18.0 Å². The van der Waals surface area contributed by atoms with Crippen molar-refractivity contribution in [2.45, 2.75) is 54.1 Å². The Bertz CT molecular complexity index is 953. The molecule has 1 N–H and O–H groups in total. The van der Waals surface area contributed by atoms with Crippen molar-refractivity contribution in [1.82, 2.24) is 14.1 Å². The smallest absolute Gasteiger partial charge is 0.247 e. The molecule has 0 radical (unpaired) electrons. The number of thioether (sulfide) groups is 1. The van der Waals surface area contributed by atoms with E-state index >= 15 is 0 Å². The molecule has 0 aliphatic carbocycles. The molecule has 1 aromatic rings. The van der Waals surface area contributed by atoms with Gasteiger partial charge in [0.05, 0.1) is 10.6 Å².